The number of nitrogens with one attached hydrogen (secondary N) is 1. The van der Waals surface area contributed by atoms with Crippen molar-refractivity contribution in [3.05, 3.63) is 78.0 Å². The first kappa shape index (κ1) is 17.1. The third-order valence-electron chi connectivity index (χ3n) is 5.59. The third-order valence-corrected chi connectivity index (χ3v) is 5.59. The van der Waals surface area contributed by atoms with E-state index in [1.165, 1.54) is 16.6 Å². The van der Waals surface area contributed by atoms with Gasteiger partial charge in [0.1, 0.15) is 11.9 Å². The van der Waals surface area contributed by atoms with Crippen LogP contribution < -0.4 is 0 Å². The van der Waals surface area contributed by atoms with Crippen LogP contribution in [0.25, 0.3) is 10.9 Å². The minimum absolute atomic E-state index is 0.0588. The van der Waals surface area contributed by atoms with E-state index in [1.54, 1.807) is 0 Å². The van der Waals surface area contributed by atoms with Gasteiger partial charge in [0, 0.05) is 55.7 Å². The number of imidazole rings is 2. The molecular formula is C22H24N6. The van der Waals surface area contributed by atoms with Gasteiger partial charge in [-0.1, -0.05) is 25.1 Å². The molecule has 0 saturated heterocycles. The molecule has 1 N–H and O–H groups in total. The number of aryl methyl sites for hydroxylation is 1. The molecule has 1 aromatic carbocycles. The molecule has 0 spiro atoms. The molecule has 6 nitrogen and oxygen atoms in total. The van der Waals surface area contributed by atoms with Crippen LogP contribution in [0.15, 0.2) is 55.2 Å². The van der Waals surface area contributed by atoms with E-state index in [1.807, 2.05) is 24.8 Å². The molecule has 142 valence electrons. The van der Waals surface area contributed by atoms with Crippen LogP contribution >= 0.6 is 0 Å². The molecule has 6 heteroatoms. The fourth-order valence-corrected chi connectivity index (χ4v) is 4.29. The van der Waals surface area contributed by atoms with E-state index in [4.69, 9.17) is 4.98 Å². The van der Waals surface area contributed by atoms with E-state index in [0.29, 0.717) is 0 Å². The Morgan fingerprint density at radius 3 is 2.96 bits per heavy atom. The predicted molar refractivity (Wildman–Crippen MR) is 109 cm³/mol. The van der Waals surface area contributed by atoms with Gasteiger partial charge in [0.2, 0.25) is 0 Å². The van der Waals surface area contributed by atoms with Crippen LogP contribution in [0.1, 0.15) is 42.2 Å². The Bertz CT molecular complexity index is 1090. The Kier molecular flexibility index (Phi) is 4.41. The van der Waals surface area contributed by atoms with Crippen molar-refractivity contribution < 1.29 is 0 Å². The summed E-state index contributed by atoms with van der Waals surface area (Å²) in [4.78, 5) is 19.8. The van der Waals surface area contributed by atoms with Crippen LogP contribution in [0, 0.1) is 0 Å². The van der Waals surface area contributed by atoms with Gasteiger partial charge in [0.15, 0.2) is 0 Å². The number of aromatic nitrogens is 5. The molecular weight excluding hydrogens is 348 g/mol. The highest BCUT2D eigenvalue weighted by molar-refractivity contribution is 5.81. The normalized spacial score (nSPS) is 17.1. The molecule has 1 aliphatic heterocycles. The summed E-state index contributed by atoms with van der Waals surface area (Å²) in [5.74, 6) is 1.08. The van der Waals surface area contributed by atoms with E-state index < -0.39 is 0 Å². The number of aromatic amines is 1. The molecule has 0 radical (unpaired) electrons. The van der Waals surface area contributed by atoms with Crippen LogP contribution in [-0.4, -0.2) is 35.9 Å². The molecule has 0 bridgehead atoms. The van der Waals surface area contributed by atoms with E-state index in [0.717, 1.165) is 49.5 Å². The summed E-state index contributed by atoms with van der Waals surface area (Å²) in [5.41, 5.74) is 4.67. The number of hydrogen-bond acceptors (Lipinski definition) is 4. The van der Waals surface area contributed by atoms with Crippen LogP contribution in [-0.2, 0) is 19.5 Å². The van der Waals surface area contributed by atoms with Gasteiger partial charge in [-0.25, -0.2) is 9.97 Å². The maximum atomic E-state index is 4.75. The molecule has 28 heavy (non-hydrogen) atoms. The SMILES string of the molecule is CCCn1ccnc1[C@H]1c2nc[nH]c2CCN1Cc1ccnc2ccccc12. The zero-order chi connectivity index (χ0) is 18.9. The first-order valence-corrected chi connectivity index (χ1v) is 9.95. The lowest BCUT2D eigenvalue weighted by atomic mass is 10.00. The number of pyridine rings is 1. The monoisotopic (exact) mass is 372 g/mol. The molecule has 3 aromatic heterocycles. The van der Waals surface area contributed by atoms with Crippen LogP contribution in [0.3, 0.4) is 0 Å². The Balaban J connectivity index is 1.57. The Hall–Kier alpha value is -2.99. The van der Waals surface area contributed by atoms with Gasteiger partial charge in [-0.05, 0) is 24.1 Å². The predicted octanol–water partition coefficient (Wildman–Crippen LogP) is 3.71. The molecule has 5 rings (SSSR count). The van der Waals surface area contributed by atoms with E-state index in [-0.39, 0.29) is 6.04 Å². The third kappa shape index (κ3) is 2.90. The summed E-state index contributed by atoms with van der Waals surface area (Å²) in [6, 6.07) is 10.6. The van der Waals surface area contributed by atoms with Gasteiger partial charge < -0.3 is 9.55 Å². The summed E-state index contributed by atoms with van der Waals surface area (Å²) < 4.78 is 2.27. The van der Waals surface area contributed by atoms with Crippen molar-refractivity contribution in [1.82, 2.24) is 29.4 Å². The second kappa shape index (κ2) is 7.20. The summed E-state index contributed by atoms with van der Waals surface area (Å²) in [5, 5.41) is 1.22. The van der Waals surface area contributed by atoms with Crippen LogP contribution in [0.4, 0.5) is 0 Å². The molecule has 4 heterocycles. The van der Waals surface area contributed by atoms with Crippen LogP contribution in [0.2, 0.25) is 0 Å². The van der Waals surface area contributed by atoms with Crippen molar-refractivity contribution >= 4 is 10.9 Å². The fraction of sp³-hybridized carbons (Fsp3) is 0.318. The van der Waals surface area contributed by atoms with Crippen molar-refractivity contribution in [2.24, 2.45) is 0 Å². The quantitative estimate of drug-likeness (QED) is 0.580. The standard InChI is InChI=1S/C22H24N6/c1-2-11-27-13-10-24-22(27)21-20-19(25-15-26-20)8-12-28(21)14-16-7-9-23-18-6-4-3-5-17(16)18/h3-7,9-10,13,15,21H,2,8,11-12,14H2,1H3,(H,25,26)/t21-/m1/s1. The van der Waals surface area contributed by atoms with E-state index in [2.05, 4.69) is 61.8 Å². The molecule has 4 aromatic rings. The molecule has 0 amide bonds. The van der Waals surface area contributed by atoms with Gasteiger partial charge >= 0.3 is 0 Å². The summed E-state index contributed by atoms with van der Waals surface area (Å²) >= 11 is 0. The molecule has 0 saturated carbocycles. The smallest absolute Gasteiger partial charge is 0.132 e. The second-order valence-corrected chi connectivity index (χ2v) is 7.36. The van der Waals surface area contributed by atoms with Crippen molar-refractivity contribution in [3.8, 4) is 0 Å². The number of nitrogens with zero attached hydrogens (tertiary/aromatic N) is 5. The number of rotatable bonds is 5. The number of hydrogen-bond donors (Lipinski definition) is 1. The lowest BCUT2D eigenvalue weighted by molar-refractivity contribution is 0.190. The topological polar surface area (TPSA) is 62.6 Å². The number of para-hydroxylation sites is 1. The summed E-state index contributed by atoms with van der Waals surface area (Å²) in [6.45, 7) is 4.98. The van der Waals surface area contributed by atoms with Crippen molar-refractivity contribution in [2.75, 3.05) is 6.54 Å². The second-order valence-electron chi connectivity index (χ2n) is 7.36. The number of H-pyrrole nitrogens is 1. The Morgan fingerprint density at radius 1 is 1.11 bits per heavy atom. The van der Waals surface area contributed by atoms with Crippen molar-refractivity contribution in [1.29, 1.82) is 0 Å². The summed E-state index contributed by atoms with van der Waals surface area (Å²) in [7, 11) is 0. The van der Waals surface area contributed by atoms with E-state index in [9.17, 15) is 0 Å². The average molecular weight is 372 g/mol. The van der Waals surface area contributed by atoms with Gasteiger partial charge in [-0.2, -0.15) is 0 Å². The molecule has 0 fully saturated rings. The number of benzene rings is 1. The summed E-state index contributed by atoms with van der Waals surface area (Å²) in [6.07, 6.45) is 9.78. The van der Waals surface area contributed by atoms with Crippen LogP contribution in [0.5, 0.6) is 0 Å². The maximum absolute atomic E-state index is 4.75. The average Bonchev–Trinajstić information content (AvgIpc) is 3.38. The highest BCUT2D eigenvalue weighted by atomic mass is 15.2. The first-order valence-electron chi connectivity index (χ1n) is 9.95. The van der Waals surface area contributed by atoms with E-state index >= 15 is 0 Å². The lowest BCUT2D eigenvalue weighted by Crippen LogP contribution is -2.37. The Labute approximate surface area is 164 Å². The molecule has 0 unspecified atom stereocenters. The zero-order valence-corrected chi connectivity index (χ0v) is 16.0. The van der Waals surface area contributed by atoms with Crippen molar-refractivity contribution in [3.63, 3.8) is 0 Å². The highest BCUT2D eigenvalue weighted by Gasteiger charge is 2.34. The van der Waals surface area contributed by atoms with Gasteiger partial charge in [-0.15, -0.1) is 0 Å². The lowest BCUT2D eigenvalue weighted by Gasteiger charge is -2.35. The van der Waals surface area contributed by atoms with Crippen molar-refractivity contribution in [2.45, 2.75) is 38.9 Å². The minimum atomic E-state index is 0.0588. The highest BCUT2D eigenvalue weighted by Crippen LogP contribution is 2.34. The first-order chi connectivity index (χ1) is 13.8. The van der Waals surface area contributed by atoms with Gasteiger partial charge in [0.25, 0.3) is 0 Å². The fourth-order valence-electron chi connectivity index (χ4n) is 4.29. The molecule has 0 aliphatic carbocycles. The molecule has 1 atom stereocenters. The Morgan fingerprint density at radius 2 is 2.04 bits per heavy atom. The molecule has 1 aliphatic rings. The maximum Gasteiger partial charge on any atom is 0.132 e. The van der Waals surface area contributed by atoms with Gasteiger partial charge in [-0.3, -0.25) is 9.88 Å². The number of fused-ring (bicyclic) bond motifs is 2. The largest absolute Gasteiger partial charge is 0.348 e. The zero-order valence-electron chi connectivity index (χ0n) is 16.0. The minimum Gasteiger partial charge on any atom is -0.348 e. The van der Waals surface area contributed by atoms with Gasteiger partial charge in [0.05, 0.1) is 17.5 Å².